The zero-order valence-electron chi connectivity index (χ0n) is 27.1. The van der Waals surface area contributed by atoms with Crippen molar-refractivity contribution >= 4 is 12.7 Å². The first-order valence-corrected chi connectivity index (χ1v) is 15.3. The summed E-state index contributed by atoms with van der Waals surface area (Å²) in [6, 6.07) is 12.8. The van der Waals surface area contributed by atoms with Crippen LogP contribution in [0, 0.1) is 31.0 Å². The van der Waals surface area contributed by atoms with E-state index in [2.05, 4.69) is 33.0 Å². The molecule has 0 spiro atoms. The van der Waals surface area contributed by atoms with Crippen LogP contribution < -0.4 is 5.32 Å². The minimum Gasteiger partial charge on any atom is -0.393 e. The number of carbonyl (C=O) groups excluding carboxylic acids is 2. The molecule has 0 saturated heterocycles. The molecule has 1 amide bonds. The Hall–Kier alpha value is -3.04. The molecule has 0 fully saturated rings. The number of unbranched alkanes of at least 4 members (excludes halogenated alkanes) is 4. The summed E-state index contributed by atoms with van der Waals surface area (Å²) in [5, 5.41) is 19.2. The van der Waals surface area contributed by atoms with Crippen molar-refractivity contribution in [1.82, 2.24) is 5.32 Å². The molecule has 0 aliphatic heterocycles. The third-order valence-electron chi connectivity index (χ3n) is 5.93. The quantitative estimate of drug-likeness (QED) is 0.142. The van der Waals surface area contributed by atoms with Gasteiger partial charge in [0.05, 0.1) is 12.2 Å². The molecule has 0 heterocycles. The molecule has 5 nitrogen and oxygen atoms in total. The second-order valence-corrected chi connectivity index (χ2v) is 9.42. The van der Waals surface area contributed by atoms with Gasteiger partial charge in [0.15, 0.2) is 0 Å². The molecule has 0 aromatic heterocycles. The van der Waals surface area contributed by atoms with E-state index >= 15 is 0 Å². The number of aryl methyl sites for hydroxylation is 2. The molecule has 2 aromatic carbocycles. The molecule has 1 atom stereocenters. The van der Waals surface area contributed by atoms with Crippen LogP contribution in [0.4, 0.5) is 4.39 Å². The highest BCUT2D eigenvalue weighted by Crippen LogP contribution is 2.24. The van der Waals surface area contributed by atoms with E-state index in [0.717, 1.165) is 47.8 Å². The minimum absolute atomic E-state index is 0.0307. The maximum atomic E-state index is 13.5. The molecule has 0 aliphatic rings. The van der Waals surface area contributed by atoms with Gasteiger partial charge in [-0.15, -0.1) is 0 Å². The number of nitriles is 1. The lowest BCUT2D eigenvalue weighted by Crippen LogP contribution is -2.09. The third-order valence-corrected chi connectivity index (χ3v) is 5.93. The van der Waals surface area contributed by atoms with Crippen molar-refractivity contribution in [1.29, 1.82) is 5.26 Å². The predicted octanol–water partition coefficient (Wildman–Crippen LogP) is 9.06. The largest absolute Gasteiger partial charge is 0.393 e. The summed E-state index contributed by atoms with van der Waals surface area (Å²) in [4.78, 5) is 19.8. The highest BCUT2D eigenvalue weighted by molar-refractivity contribution is 5.66. The Bertz CT molecular complexity index is 940. The van der Waals surface area contributed by atoms with Crippen LogP contribution in [-0.4, -0.2) is 30.5 Å². The normalized spacial score (nSPS) is 9.88. The van der Waals surface area contributed by atoms with Gasteiger partial charge in [-0.3, -0.25) is 4.79 Å². The number of hydrogen-bond acceptors (Lipinski definition) is 4. The number of nitrogens with one attached hydrogen (secondary N) is 1. The Morgan fingerprint density at radius 1 is 0.854 bits per heavy atom. The zero-order chi connectivity index (χ0) is 31.9. The van der Waals surface area contributed by atoms with Crippen LogP contribution in [-0.2, 0) is 16.0 Å². The van der Waals surface area contributed by atoms with Gasteiger partial charge < -0.3 is 15.2 Å². The molecule has 0 bridgehead atoms. The van der Waals surface area contributed by atoms with Crippen molar-refractivity contribution in [2.45, 2.75) is 126 Å². The number of amides is 1. The molecule has 0 radical (unpaired) electrons. The van der Waals surface area contributed by atoms with Crippen molar-refractivity contribution < 1.29 is 19.1 Å². The van der Waals surface area contributed by atoms with E-state index in [9.17, 15) is 19.1 Å². The number of hydrogen-bond donors (Lipinski definition) is 2. The summed E-state index contributed by atoms with van der Waals surface area (Å²) in [5.74, 6) is -0.192. The van der Waals surface area contributed by atoms with Crippen molar-refractivity contribution in [3.8, 4) is 17.2 Å². The van der Waals surface area contributed by atoms with Crippen LogP contribution in [0.5, 0.6) is 0 Å². The van der Waals surface area contributed by atoms with Crippen LogP contribution >= 0.6 is 0 Å². The van der Waals surface area contributed by atoms with E-state index < -0.39 is 0 Å². The first kappa shape index (κ1) is 42.4. The van der Waals surface area contributed by atoms with Crippen molar-refractivity contribution in [2.24, 2.45) is 0 Å². The summed E-state index contributed by atoms with van der Waals surface area (Å²) in [7, 11) is 0. The molecular formula is C35H57FN2O3. The van der Waals surface area contributed by atoms with E-state index in [0.29, 0.717) is 18.4 Å². The number of aliphatic hydroxyl groups is 1. The van der Waals surface area contributed by atoms with Gasteiger partial charge in [-0.1, -0.05) is 117 Å². The van der Waals surface area contributed by atoms with E-state index in [-0.39, 0.29) is 18.5 Å². The van der Waals surface area contributed by atoms with Gasteiger partial charge in [0.2, 0.25) is 6.41 Å². The van der Waals surface area contributed by atoms with Gasteiger partial charge >= 0.3 is 0 Å². The lowest BCUT2D eigenvalue weighted by Gasteiger charge is -2.07. The van der Waals surface area contributed by atoms with Gasteiger partial charge in [-0.2, -0.15) is 5.26 Å². The lowest BCUT2D eigenvalue weighted by atomic mass is 9.98. The topological polar surface area (TPSA) is 90.2 Å². The van der Waals surface area contributed by atoms with Gasteiger partial charge in [0.25, 0.3) is 0 Å². The molecule has 41 heavy (non-hydrogen) atoms. The fourth-order valence-corrected chi connectivity index (χ4v) is 3.34. The van der Waals surface area contributed by atoms with Crippen molar-refractivity contribution in [3.63, 3.8) is 0 Å². The summed E-state index contributed by atoms with van der Waals surface area (Å²) in [5.41, 5.74) is 4.55. The Balaban J connectivity index is -0.000000535. The summed E-state index contributed by atoms with van der Waals surface area (Å²) < 4.78 is 13.5. The summed E-state index contributed by atoms with van der Waals surface area (Å²) >= 11 is 0. The average Bonchev–Trinajstić information content (AvgIpc) is 2.99. The average molecular weight is 573 g/mol. The predicted molar refractivity (Wildman–Crippen MR) is 172 cm³/mol. The van der Waals surface area contributed by atoms with Crippen LogP contribution in [0.1, 0.15) is 116 Å². The number of aliphatic hydroxyl groups excluding tert-OH is 1. The number of nitrogens with zero attached hydrogens (tertiary/aromatic N) is 1. The van der Waals surface area contributed by atoms with Gasteiger partial charge in [-0.05, 0) is 60.6 Å². The van der Waals surface area contributed by atoms with Crippen molar-refractivity contribution in [2.75, 3.05) is 6.54 Å². The van der Waals surface area contributed by atoms with Crippen molar-refractivity contribution in [3.05, 3.63) is 58.9 Å². The molecule has 2 rings (SSSR count). The first-order chi connectivity index (χ1) is 19.7. The van der Waals surface area contributed by atoms with E-state index in [1.54, 1.807) is 25.1 Å². The molecule has 2 N–H and O–H groups in total. The zero-order valence-corrected chi connectivity index (χ0v) is 27.1. The van der Waals surface area contributed by atoms with Gasteiger partial charge in [-0.25, -0.2) is 4.39 Å². The van der Waals surface area contributed by atoms with Crippen LogP contribution in [0.3, 0.4) is 0 Å². The highest BCUT2D eigenvalue weighted by atomic mass is 19.1. The lowest BCUT2D eigenvalue weighted by molar-refractivity contribution is -0.109. The Labute approximate surface area is 250 Å². The summed E-state index contributed by atoms with van der Waals surface area (Å²) in [6.45, 7) is 16.5. The first-order valence-electron chi connectivity index (χ1n) is 15.3. The highest BCUT2D eigenvalue weighted by Gasteiger charge is 2.05. The Morgan fingerprint density at radius 3 is 1.90 bits per heavy atom. The van der Waals surface area contributed by atoms with Gasteiger partial charge in [0.1, 0.15) is 18.6 Å². The number of aldehydes is 1. The Kier molecular flexibility index (Phi) is 32.6. The van der Waals surface area contributed by atoms with Crippen LogP contribution in [0.25, 0.3) is 11.1 Å². The van der Waals surface area contributed by atoms with Gasteiger partial charge in [0, 0.05) is 6.42 Å². The maximum absolute atomic E-state index is 13.5. The van der Waals surface area contributed by atoms with E-state index in [1.807, 2.05) is 45.0 Å². The molecule has 232 valence electrons. The minimum atomic E-state index is -0.192. The number of rotatable bonds is 13. The van der Waals surface area contributed by atoms with Crippen LogP contribution in [0.2, 0.25) is 0 Å². The Morgan fingerprint density at radius 2 is 1.46 bits per heavy atom. The molecule has 2 aromatic rings. The number of halogens is 1. The van der Waals surface area contributed by atoms with Crippen LogP contribution in [0.15, 0.2) is 36.4 Å². The molecule has 0 saturated carbocycles. The monoisotopic (exact) mass is 572 g/mol. The van der Waals surface area contributed by atoms with E-state index in [4.69, 9.17) is 5.26 Å². The smallest absolute Gasteiger partial charge is 0.207 e. The third kappa shape index (κ3) is 24.5. The number of carbonyl (C=O) groups is 2. The fraction of sp³-hybridized carbons (Fsp3) is 0.571. The fourth-order valence-electron chi connectivity index (χ4n) is 3.34. The summed E-state index contributed by atoms with van der Waals surface area (Å²) in [6.07, 6.45) is 12.6. The standard InChI is InChI=1S/C16H15FO.C10H22O.C4H10.C3H4N2O.C2H6/c1-11-3-4-15(10-16(11)17)14-6-5-13(7-8-18)12(2)9-14;1-3-5-6-7-9-10(11)8-4-2;1-3-4-2;4-1-2-5-3-6;1-2/h3-6,8-10H,7H2,1-2H3;10-11H,3-9H2,1-2H3;3-4H2,1-2H3;3H,2H2,(H,5,6);1-2H3. The maximum Gasteiger partial charge on any atom is 0.207 e. The molecular weight excluding hydrogens is 515 g/mol. The number of benzene rings is 2. The second-order valence-electron chi connectivity index (χ2n) is 9.42. The molecule has 0 aliphatic carbocycles. The molecule has 1 unspecified atom stereocenters. The van der Waals surface area contributed by atoms with E-state index in [1.165, 1.54) is 38.5 Å². The molecule has 6 heteroatoms. The second kappa shape index (κ2) is 31.5. The SMILES string of the molecule is CC.CCCC.CCCCCCC(O)CCC.Cc1ccc(-c2ccc(CC=O)c(C)c2)cc1F.N#CCNC=O.